The van der Waals surface area contributed by atoms with E-state index in [1.807, 2.05) is 26.2 Å². The number of aryl methyl sites for hydroxylation is 1. The van der Waals surface area contributed by atoms with E-state index in [1.54, 1.807) is 28.0 Å². The molecule has 3 aromatic rings. The van der Waals surface area contributed by atoms with Gasteiger partial charge in [0.05, 0.1) is 30.3 Å². The molecule has 3 rings (SSSR count). The Balaban J connectivity index is 0.00000320. The predicted octanol–water partition coefficient (Wildman–Crippen LogP) is 3.88. The molecule has 0 saturated carbocycles. The van der Waals surface area contributed by atoms with Gasteiger partial charge in [0.1, 0.15) is 0 Å². The van der Waals surface area contributed by atoms with Gasteiger partial charge in [-0.15, -0.1) is 35.3 Å². The van der Waals surface area contributed by atoms with Crippen LogP contribution in [0.15, 0.2) is 63.8 Å². The fraction of sp³-hybridized carbons (Fsp3) is 0.318. The summed E-state index contributed by atoms with van der Waals surface area (Å²) >= 11 is 1.67. The van der Waals surface area contributed by atoms with Crippen LogP contribution in [0.1, 0.15) is 28.8 Å². The van der Waals surface area contributed by atoms with Gasteiger partial charge >= 0.3 is 0 Å². The smallest absolute Gasteiger partial charge is 0.250 e. The summed E-state index contributed by atoms with van der Waals surface area (Å²) in [5.41, 5.74) is 3.28. The zero-order valence-corrected chi connectivity index (χ0v) is 20.7. The second-order valence-corrected chi connectivity index (χ2v) is 7.93. The molecule has 160 valence electrons. The molecule has 6 nitrogen and oxygen atoms in total. The standard InChI is InChI=1S/C22H27N5OS.HI/c1-4-23-22(26(3)15-20-16-29-17(2)25-20)24-13-18-8-10-19(11-9-18)14-27-12-6-5-7-21(27)28;/h5-12,16H,4,13-15H2,1-3H3,(H,23,24);1H. The average molecular weight is 537 g/mol. The van der Waals surface area contributed by atoms with Crippen LogP contribution in [0.5, 0.6) is 0 Å². The summed E-state index contributed by atoms with van der Waals surface area (Å²) in [4.78, 5) is 23.2. The summed E-state index contributed by atoms with van der Waals surface area (Å²) in [5.74, 6) is 0.859. The van der Waals surface area contributed by atoms with Crippen molar-refractivity contribution in [3.8, 4) is 0 Å². The van der Waals surface area contributed by atoms with Crippen LogP contribution in [0.25, 0.3) is 0 Å². The van der Waals surface area contributed by atoms with E-state index in [9.17, 15) is 4.79 Å². The summed E-state index contributed by atoms with van der Waals surface area (Å²) in [5, 5.41) is 6.51. The number of thiazole rings is 1. The minimum atomic E-state index is 0. The highest BCUT2D eigenvalue weighted by Crippen LogP contribution is 2.11. The lowest BCUT2D eigenvalue weighted by Gasteiger charge is -2.21. The van der Waals surface area contributed by atoms with E-state index in [2.05, 4.69) is 51.8 Å². The molecule has 0 unspecified atom stereocenters. The van der Waals surface area contributed by atoms with Crippen LogP contribution in [0.2, 0.25) is 0 Å². The minimum Gasteiger partial charge on any atom is -0.357 e. The Kier molecular flexibility index (Phi) is 9.51. The van der Waals surface area contributed by atoms with Gasteiger partial charge in [0.2, 0.25) is 0 Å². The molecule has 8 heteroatoms. The molecular formula is C22H28IN5OS. The van der Waals surface area contributed by atoms with Crippen molar-refractivity contribution in [1.29, 1.82) is 0 Å². The van der Waals surface area contributed by atoms with Gasteiger partial charge in [0, 0.05) is 31.2 Å². The highest BCUT2D eigenvalue weighted by molar-refractivity contribution is 14.0. The van der Waals surface area contributed by atoms with Gasteiger partial charge in [0.15, 0.2) is 5.96 Å². The van der Waals surface area contributed by atoms with Crippen molar-refractivity contribution in [2.45, 2.75) is 33.5 Å². The molecule has 0 saturated heterocycles. The monoisotopic (exact) mass is 537 g/mol. The second-order valence-electron chi connectivity index (χ2n) is 6.87. The van der Waals surface area contributed by atoms with Gasteiger partial charge in [-0.3, -0.25) is 4.79 Å². The number of guanidine groups is 1. The molecule has 0 fully saturated rings. The number of rotatable bonds is 7. The van der Waals surface area contributed by atoms with Gasteiger partial charge in [-0.05, 0) is 31.0 Å². The Labute approximate surface area is 198 Å². The minimum absolute atomic E-state index is 0. The Bertz CT molecular complexity index is 1010. The second kappa shape index (κ2) is 11.8. The van der Waals surface area contributed by atoms with E-state index >= 15 is 0 Å². The van der Waals surface area contributed by atoms with Crippen LogP contribution in [-0.2, 0) is 19.6 Å². The Hall–Kier alpha value is -2.20. The highest BCUT2D eigenvalue weighted by atomic mass is 127. The molecule has 0 aliphatic heterocycles. The first-order valence-electron chi connectivity index (χ1n) is 9.69. The first-order chi connectivity index (χ1) is 14.0. The fourth-order valence-electron chi connectivity index (χ4n) is 2.97. The number of hydrogen-bond acceptors (Lipinski definition) is 4. The zero-order chi connectivity index (χ0) is 20.6. The third kappa shape index (κ3) is 6.94. The first-order valence-corrected chi connectivity index (χ1v) is 10.6. The third-order valence-electron chi connectivity index (χ3n) is 4.45. The number of pyridine rings is 1. The largest absolute Gasteiger partial charge is 0.357 e. The number of halogens is 1. The number of aliphatic imine (C=N–C) groups is 1. The van der Waals surface area contributed by atoms with Crippen molar-refractivity contribution in [3.05, 3.63) is 86.2 Å². The third-order valence-corrected chi connectivity index (χ3v) is 5.27. The Morgan fingerprint density at radius 3 is 2.57 bits per heavy atom. The summed E-state index contributed by atoms with van der Waals surface area (Å²) in [6.07, 6.45) is 1.81. The molecule has 0 radical (unpaired) electrons. The fourth-order valence-corrected chi connectivity index (χ4v) is 3.58. The maximum Gasteiger partial charge on any atom is 0.250 e. The normalized spacial score (nSPS) is 11.1. The summed E-state index contributed by atoms with van der Waals surface area (Å²) in [7, 11) is 2.02. The predicted molar refractivity (Wildman–Crippen MR) is 135 cm³/mol. The van der Waals surface area contributed by atoms with Crippen molar-refractivity contribution >= 4 is 41.3 Å². The molecule has 30 heavy (non-hydrogen) atoms. The summed E-state index contributed by atoms with van der Waals surface area (Å²) in [6, 6.07) is 13.5. The van der Waals surface area contributed by atoms with E-state index in [0.29, 0.717) is 13.1 Å². The molecule has 0 spiro atoms. The number of benzene rings is 1. The van der Waals surface area contributed by atoms with Crippen molar-refractivity contribution in [1.82, 2.24) is 19.8 Å². The van der Waals surface area contributed by atoms with Crippen LogP contribution in [0, 0.1) is 6.92 Å². The molecule has 0 bridgehead atoms. The number of nitrogens with zero attached hydrogens (tertiary/aromatic N) is 4. The lowest BCUT2D eigenvalue weighted by molar-refractivity contribution is 0.471. The lowest BCUT2D eigenvalue weighted by atomic mass is 10.1. The highest BCUT2D eigenvalue weighted by Gasteiger charge is 2.08. The topological polar surface area (TPSA) is 62.5 Å². The molecule has 1 aromatic carbocycles. The maximum absolute atomic E-state index is 11.9. The molecular weight excluding hydrogens is 509 g/mol. The molecule has 2 heterocycles. The first kappa shape index (κ1) is 24.1. The Morgan fingerprint density at radius 2 is 1.93 bits per heavy atom. The van der Waals surface area contributed by atoms with Crippen LogP contribution in [0.3, 0.4) is 0 Å². The van der Waals surface area contributed by atoms with Crippen molar-refractivity contribution in [2.24, 2.45) is 4.99 Å². The van der Waals surface area contributed by atoms with E-state index in [1.165, 1.54) is 0 Å². The number of hydrogen-bond donors (Lipinski definition) is 1. The quantitative estimate of drug-likeness (QED) is 0.283. The van der Waals surface area contributed by atoms with Crippen molar-refractivity contribution in [2.75, 3.05) is 13.6 Å². The Morgan fingerprint density at radius 1 is 1.20 bits per heavy atom. The molecule has 2 aromatic heterocycles. The van der Waals surface area contributed by atoms with Crippen molar-refractivity contribution in [3.63, 3.8) is 0 Å². The van der Waals surface area contributed by atoms with E-state index < -0.39 is 0 Å². The van der Waals surface area contributed by atoms with Gasteiger partial charge in [-0.25, -0.2) is 9.98 Å². The molecule has 0 amide bonds. The number of nitrogens with one attached hydrogen (secondary N) is 1. The van der Waals surface area contributed by atoms with Crippen molar-refractivity contribution < 1.29 is 0 Å². The van der Waals surface area contributed by atoms with Crippen LogP contribution >= 0.6 is 35.3 Å². The molecule has 0 aliphatic rings. The molecule has 1 N–H and O–H groups in total. The zero-order valence-electron chi connectivity index (χ0n) is 17.5. The average Bonchev–Trinajstić information content (AvgIpc) is 3.12. The maximum atomic E-state index is 11.9. The summed E-state index contributed by atoms with van der Waals surface area (Å²) < 4.78 is 1.70. The SMILES string of the molecule is CCNC(=NCc1ccc(Cn2ccccc2=O)cc1)N(C)Cc1csc(C)n1.I. The van der Waals surface area contributed by atoms with Crippen LogP contribution in [0.4, 0.5) is 0 Å². The van der Waals surface area contributed by atoms with Gasteiger partial charge in [-0.1, -0.05) is 30.3 Å². The summed E-state index contributed by atoms with van der Waals surface area (Å²) in [6.45, 7) is 6.78. The van der Waals surface area contributed by atoms with Crippen LogP contribution < -0.4 is 10.9 Å². The number of aromatic nitrogens is 2. The van der Waals surface area contributed by atoms with Gasteiger partial charge in [-0.2, -0.15) is 0 Å². The molecule has 0 atom stereocenters. The van der Waals surface area contributed by atoms with E-state index in [-0.39, 0.29) is 29.5 Å². The van der Waals surface area contributed by atoms with E-state index in [0.717, 1.165) is 40.9 Å². The van der Waals surface area contributed by atoms with Crippen LogP contribution in [-0.4, -0.2) is 34.0 Å². The van der Waals surface area contributed by atoms with Gasteiger partial charge in [0.25, 0.3) is 5.56 Å². The van der Waals surface area contributed by atoms with Gasteiger partial charge < -0.3 is 14.8 Å². The molecule has 0 aliphatic carbocycles. The van der Waals surface area contributed by atoms with E-state index in [4.69, 9.17) is 4.99 Å². The lowest BCUT2D eigenvalue weighted by Crippen LogP contribution is -2.38.